The van der Waals surface area contributed by atoms with Gasteiger partial charge in [-0.05, 0) is 6.92 Å². The van der Waals surface area contributed by atoms with Crippen LogP contribution in [0.15, 0.2) is 17.5 Å². The van der Waals surface area contributed by atoms with Gasteiger partial charge in [0, 0.05) is 24.9 Å². The number of carbonyl (C=O) groups is 1. The molecule has 1 unspecified atom stereocenters. The van der Waals surface area contributed by atoms with Crippen molar-refractivity contribution in [3.8, 4) is 0 Å². The van der Waals surface area contributed by atoms with E-state index in [0.29, 0.717) is 6.04 Å². The van der Waals surface area contributed by atoms with Crippen LogP contribution in [0.3, 0.4) is 0 Å². The molecule has 0 aliphatic carbocycles. The van der Waals surface area contributed by atoms with Crippen molar-refractivity contribution in [3.63, 3.8) is 0 Å². The van der Waals surface area contributed by atoms with Gasteiger partial charge in [0.15, 0.2) is 5.82 Å². The minimum atomic E-state index is -0.657. The lowest BCUT2D eigenvalue weighted by atomic mass is 10.2. The van der Waals surface area contributed by atoms with Crippen LogP contribution in [0.4, 0.5) is 4.79 Å². The average Bonchev–Trinajstić information content (AvgIpc) is 2.67. The van der Waals surface area contributed by atoms with Gasteiger partial charge in [0.2, 0.25) is 0 Å². The second-order valence-corrected chi connectivity index (χ2v) is 3.25. The third-order valence-corrected chi connectivity index (χ3v) is 2.19. The van der Waals surface area contributed by atoms with Crippen LogP contribution in [0.1, 0.15) is 25.2 Å². The van der Waals surface area contributed by atoms with Gasteiger partial charge in [0.1, 0.15) is 5.71 Å². The molecule has 1 aromatic heterocycles. The number of hydrogen-bond donors (Lipinski definition) is 2. The van der Waals surface area contributed by atoms with Gasteiger partial charge in [-0.3, -0.25) is 0 Å². The first-order valence-electron chi connectivity index (χ1n) is 4.33. The molecule has 0 aromatic carbocycles. The fourth-order valence-electron chi connectivity index (χ4n) is 1.58. The normalized spacial score (nSPS) is 22.4. The fourth-order valence-corrected chi connectivity index (χ4v) is 1.58. The quantitative estimate of drug-likeness (QED) is 0.625. The molecule has 14 heavy (non-hydrogen) atoms. The van der Waals surface area contributed by atoms with E-state index in [4.69, 9.17) is 5.73 Å². The largest absolute Gasteiger partial charge is 0.350 e. The Labute approximate surface area is 80.8 Å². The summed E-state index contributed by atoms with van der Waals surface area (Å²) in [5.74, 6) is 0.797. The highest BCUT2D eigenvalue weighted by Crippen LogP contribution is 2.23. The van der Waals surface area contributed by atoms with E-state index in [-0.39, 0.29) is 0 Å². The molecule has 3 N–H and O–H groups in total. The predicted molar refractivity (Wildman–Crippen MR) is 50.8 cm³/mol. The Morgan fingerprint density at radius 3 is 3.36 bits per heavy atom. The number of urea groups is 1. The van der Waals surface area contributed by atoms with Crippen LogP contribution in [-0.4, -0.2) is 21.3 Å². The van der Waals surface area contributed by atoms with Gasteiger partial charge in [0.05, 0.1) is 0 Å². The van der Waals surface area contributed by atoms with E-state index in [2.05, 4.69) is 22.4 Å². The van der Waals surface area contributed by atoms with Gasteiger partial charge in [-0.1, -0.05) is 0 Å². The second kappa shape index (κ2) is 3.13. The molecule has 74 valence electrons. The Bertz CT molecular complexity index is 394. The molecule has 2 heterocycles. The lowest BCUT2D eigenvalue weighted by Crippen LogP contribution is -2.25. The smallest absolute Gasteiger partial charge is 0.332 e. The van der Waals surface area contributed by atoms with Crippen LogP contribution in [0, 0.1) is 0 Å². The lowest BCUT2D eigenvalue weighted by Gasteiger charge is -2.01. The van der Waals surface area contributed by atoms with Crippen LogP contribution < -0.4 is 11.2 Å². The topological polar surface area (TPSA) is 85.3 Å². The van der Waals surface area contributed by atoms with E-state index in [1.54, 1.807) is 6.20 Å². The SMILES string of the molecule is CC1C/C(=N/NC(N)=O)c2nccn21. The molecular weight excluding hydrogens is 182 g/mol. The summed E-state index contributed by atoms with van der Waals surface area (Å²) in [7, 11) is 0. The second-order valence-electron chi connectivity index (χ2n) is 3.25. The average molecular weight is 193 g/mol. The molecule has 0 bridgehead atoms. The van der Waals surface area contributed by atoms with Crippen molar-refractivity contribution in [2.24, 2.45) is 10.8 Å². The van der Waals surface area contributed by atoms with E-state index in [0.717, 1.165) is 18.0 Å². The van der Waals surface area contributed by atoms with Crippen molar-refractivity contribution in [2.75, 3.05) is 0 Å². The maximum atomic E-state index is 10.5. The van der Waals surface area contributed by atoms with Gasteiger partial charge >= 0.3 is 6.03 Å². The van der Waals surface area contributed by atoms with Crippen LogP contribution in [0.5, 0.6) is 0 Å². The predicted octanol–water partition coefficient (Wildman–Crippen LogP) is 0.220. The highest BCUT2D eigenvalue weighted by Gasteiger charge is 2.24. The van der Waals surface area contributed by atoms with E-state index < -0.39 is 6.03 Å². The van der Waals surface area contributed by atoms with Crippen LogP contribution >= 0.6 is 0 Å². The van der Waals surface area contributed by atoms with E-state index in [1.165, 1.54) is 0 Å². The summed E-state index contributed by atoms with van der Waals surface area (Å²) in [6.45, 7) is 2.07. The number of hydrazone groups is 1. The minimum absolute atomic E-state index is 0.334. The molecule has 2 rings (SSSR count). The number of fused-ring (bicyclic) bond motifs is 1. The Hall–Kier alpha value is -1.85. The Balaban J connectivity index is 2.26. The van der Waals surface area contributed by atoms with Crippen molar-refractivity contribution in [1.82, 2.24) is 15.0 Å². The van der Waals surface area contributed by atoms with E-state index in [1.807, 2.05) is 10.8 Å². The van der Waals surface area contributed by atoms with Gasteiger partial charge in [-0.15, -0.1) is 0 Å². The number of aromatic nitrogens is 2. The number of rotatable bonds is 1. The molecule has 1 aliphatic heterocycles. The molecule has 6 nitrogen and oxygen atoms in total. The van der Waals surface area contributed by atoms with Crippen molar-refractivity contribution in [1.29, 1.82) is 0 Å². The molecule has 1 atom stereocenters. The van der Waals surface area contributed by atoms with Crippen molar-refractivity contribution >= 4 is 11.7 Å². The third kappa shape index (κ3) is 1.34. The molecule has 0 spiro atoms. The number of nitrogens with two attached hydrogens (primary N) is 1. The molecular formula is C8H11N5O. The van der Waals surface area contributed by atoms with Gasteiger partial charge in [-0.2, -0.15) is 5.10 Å². The summed E-state index contributed by atoms with van der Waals surface area (Å²) >= 11 is 0. The first-order chi connectivity index (χ1) is 6.68. The number of nitrogens with zero attached hydrogens (tertiary/aromatic N) is 3. The zero-order valence-corrected chi connectivity index (χ0v) is 7.77. The van der Waals surface area contributed by atoms with Gasteiger partial charge < -0.3 is 10.3 Å². The standard InChI is InChI=1S/C8H11N5O/c1-5-4-6(11-12-8(9)14)7-10-2-3-13(5)7/h2-3,5H,4H2,1H3,(H3,9,12,14)/b11-6-. The van der Waals surface area contributed by atoms with E-state index in [9.17, 15) is 4.79 Å². The summed E-state index contributed by atoms with van der Waals surface area (Å²) in [4.78, 5) is 14.6. The number of hydrogen-bond acceptors (Lipinski definition) is 3. The molecule has 0 radical (unpaired) electrons. The number of primary amides is 1. The van der Waals surface area contributed by atoms with Gasteiger partial charge in [0.25, 0.3) is 0 Å². The Morgan fingerprint density at radius 2 is 2.64 bits per heavy atom. The van der Waals surface area contributed by atoms with Crippen LogP contribution in [0.2, 0.25) is 0 Å². The molecule has 0 fully saturated rings. The van der Waals surface area contributed by atoms with Crippen LogP contribution in [0.25, 0.3) is 0 Å². The molecule has 6 heteroatoms. The number of nitrogens with one attached hydrogen (secondary N) is 1. The first-order valence-corrected chi connectivity index (χ1v) is 4.33. The summed E-state index contributed by atoms with van der Waals surface area (Å²) < 4.78 is 2.02. The molecule has 0 saturated heterocycles. The molecule has 2 amide bonds. The zero-order chi connectivity index (χ0) is 10.1. The van der Waals surface area contributed by atoms with Crippen molar-refractivity contribution < 1.29 is 4.79 Å². The number of amides is 2. The van der Waals surface area contributed by atoms with Crippen molar-refractivity contribution in [2.45, 2.75) is 19.4 Å². The zero-order valence-electron chi connectivity index (χ0n) is 7.77. The number of carbonyl (C=O) groups excluding carboxylic acids is 1. The third-order valence-electron chi connectivity index (χ3n) is 2.19. The van der Waals surface area contributed by atoms with Gasteiger partial charge in [-0.25, -0.2) is 15.2 Å². The Morgan fingerprint density at radius 1 is 1.86 bits per heavy atom. The summed E-state index contributed by atoms with van der Waals surface area (Å²) in [5.41, 5.74) is 7.89. The minimum Gasteiger partial charge on any atom is -0.350 e. The lowest BCUT2D eigenvalue weighted by molar-refractivity contribution is 0.249. The maximum absolute atomic E-state index is 10.5. The van der Waals surface area contributed by atoms with Crippen LogP contribution in [-0.2, 0) is 0 Å². The highest BCUT2D eigenvalue weighted by atomic mass is 16.2. The highest BCUT2D eigenvalue weighted by molar-refractivity contribution is 6.00. The maximum Gasteiger partial charge on any atom is 0.332 e. The Kier molecular flexibility index (Phi) is 1.95. The first kappa shape index (κ1) is 8.74. The fraction of sp³-hybridized carbons (Fsp3) is 0.375. The molecule has 0 saturated carbocycles. The molecule has 1 aromatic rings. The molecule has 1 aliphatic rings. The summed E-state index contributed by atoms with van der Waals surface area (Å²) in [6, 6.07) is -0.323. The van der Waals surface area contributed by atoms with E-state index >= 15 is 0 Å². The summed E-state index contributed by atoms with van der Waals surface area (Å²) in [5, 5.41) is 3.90. The number of imidazole rings is 1. The monoisotopic (exact) mass is 193 g/mol. The summed E-state index contributed by atoms with van der Waals surface area (Å²) in [6.07, 6.45) is 4.38. The van der Waals surface area contributed by atoms with Crippen molar-refractivity contribution in [3.05, 3.63) is 18.2 Å².